The Morgan fingerprint density at radius 3 is 2.46 bits per heavy atom. The van der Waals surface area contributed by atoms with Gasteiger partial charge in [0.15, 0.2) is 17.2 Å². The van der Waals surface area contributed by atoms with Crippen LogP contribution in [0.4, 0.5) is 17.6 Å². The first kappa shape index (κ1) is 20.2. The molecule has 0 atom stereocenters. The number of halogens is 5. The maximum atomic E-state index is 14.0. The molecule has 7 nitrogen and oxygen atoms in total. The Labute approximate surface area is 162 Å². The van der Waals surface area contributed by atoms with Crippen LogP contribution in [0.2, 0.25) is 0 Å². The van der Waals surface area contributed by atoms with Crippen molar-refractivity contribution in [2.75, 3.05) is 0 Å². The number of nitrogens with zero attached hydrogens (tertiary/aromatic N) is 5. The fourth-order valence-electron chi connectivity index (χ4n) is 3.22. The van der Waals surface area contributed by atoms with E-state index < -0.39 is 40.5 Å². The van der Waals surface area contributed by atoms with Gasteiger partial charge in [-0.3, -0.25) is 0 Å². The van der Waals surface area contributed by atoms with Gasteiger partial charge in [-0.15, -0.1) is 17.5 Å². The quantitative estimate of drug-likeness (QED) is 0.652. The monoisotopic (exact) mass is 418 g/mol. The van der Waals surface area contributed by atoms with Gasteiger partial charge < -0.3 is 10.3 Å². The third-order valence-corrected chi connectivity index (χ3v) is 4.59. The van der Waals surface area contributed by atoms with Gasteiger partial charge in [0.05, 0.1) is 5.54 Å². The summed E-state index contributed by atoms with van der Waals surface area (Å²) in [4.78, 5) is 4.03. The first-order chi connectivity index (χ1) is 12.8. The van der Waals surface area contributed by atoms with Crippen LogP contribution in [0.25, 0.3) is 17.3 Å². The lowest BCUT2D eigenvalue weighted by atomic mass is 9.99. The molecule has 0 spiro atoms. The van der Waals surface area contributed by atoms with Crippen molar-refractivity contribution in [1.82, 2.24) is 25.1 Å². The van der Waals surface area contributed by atoms with Crippen molar-refractivity contribution in [3.8, 4) is 17.3 Å². The molecule has 0 saturated heterocycles. The molecule has 0 amide bonds. The van der Waals surface area contributed by atoms with E-state index in [1.54, 1.807) is 0 Å². The lowest BCUT2D eigenvalue weighted by Gasteiger charge is -2.17. The van der Waals surface area contributed by atoms with E-state index in [2.05, 4.69) is 20.5 Å². The van der Waals surface area contributed by atoms with Crippen LogP contribution < -0.4 is 5.73 Å². The molecule has 1 aliphatic carbocycles. The first-order valence-electron chi connectivity index (χ1n) is 8.21. The number of nitrogens with two attached hydrogens (primary N) is 1. The molecule has 0 unspecified atom stereocenters. The van der Waals surface area contributed by atoms with Crippen molar-refractivity contribution in [3.63, 3.8) is 0 Å². The highest BCUT2D eigenvalue weighted by Gasteiger charge is 2.43. The van der Waals surface area contributed by atoms with E-state index in [-0.39, 0.29) is 18.2 Å². The van der Waals surface area contributed by atoms with Crippen molar-refractivity contribution in [1.29, 1.82) is 0 Å². The van der Waals surface area contributed by atoms with Crippen LogP contribution in [0.3, 0.4) is 0 Å². The summed E-state index contributed by atoms with van der Waals surface area (Å²) in [5.74, 6) is -1.21. The predicted molar refractivity (Wildman–Crippen MR) is 91.2 cm³/mol. The Morgan fingerprint density at radius 1 is 1.14 bits per heavy atom. The van der Waals surface area contributed by atoms with Gasteiger partial charge in [0, 0.05) is 0 Å². The number of benzene rings is 1. The third kappa shape index (κ3) is 3.35. The summed E-state index contributed by atoms with van der Waals surface area (Å²) < 4.78 is 60.4. The van der Waals surface area contributed by atoms with Crippen LogP contribution in [0.15, 0.2) is 28.8 Å². The largest absolute Gasteiger partial charge is 0.435 e. The molecule has 3 aromatic rings. The maximum Gasteiger partial charge on any atom is 0.435 e. The molecule has 0 radical (unpaired) electrons. The van der Waals surface area contributed by atoms with E-state index in [9.17, 15) is 17.6 Å². The molecule has 2 aromatic heterocycles. The molecular formula is C16H15ClF4N6O. The summed E-state index contributed by atoms with van der Waals surface area (Å²) in [6, 6.07) is 4.94. The lowest BCUT2D eigenvalue weighted by Crippen LogP contribution is -2.34. The minimum absolute atomic E-state index is 0. The zero-order valence-electron chi connectivity index (χ0n) is 14.3. The fourth-order valence-corrected chi connectivity index (χ4v) is 3.22. The average molecular weight is 419 g/mol. The number of hydrogen-bond acceptors (Lipinski definition) is 6. The highest BCUT2D eigenvalue weighted by molar-refractivity contribution is 5.85. The Morgan fingerprint density at radius 2 is 1.82 bits per heavy atom. The lowest BCUT2D eigenvalue weighted by molar-refractivity contribution is -0.142. The molecule has 4 rings (SSSR count). The van der Waals surface area contributed by atoms with Gasteiger partial charge in [-0.1, -0.05) is 35.3 Å². The second-order valence-electron chi connectivity index (χ2n) is 6.43. The fraction of sp³-hybridized carbons (Fsp3) is 0.375. The molecule has 28 heavy (non-hydrogen) atoms. The number of aromatic nitrogens is 5. The molecule has 150 valence electrons. The van der Waals surface area contributed by atoms with Gasteiger partial charge in [-0.25, -0.2) is 9.07 Å². The van der Waals surface area contributed by atoms with E-state index in [0.29, 0.717) is 17.5 Å². The van der Waals surface area contributed by atoms with Gasteiger partial charge in [0.2, 0.25) is 0 Å². The number of rotatable bonds is 3. The third-order valence-electron chi connectivity index (χ3n) is 4.59. The SMILES string of the molecule is Cl.NC1(c2noc(-c3nnn(-c4ccccc4F)c3C(F)(F)F)n2)CCCC1. The zero-order chi connectivity index (χ0) is 19.2. The van der Waals surface area contributed by atoms with Gasteiger partial charge in [-0.2, -0.15) is 18.2 Å². The Kier molecular flexibility index (Phi) is 5.15. The normalized spacial score (nSPS) is 16.2. The van der Waals surface area contributed by atoms with Crippen molar-refractivity contribution < 1.29 is 22.1 Å². The summed E-state index contributed by atoms with van der Waals surface area (Å²) in [6.45, 7) is 0. The molecule has 1 saturated carbocycles. The van der Waals surface area contributed by atoms with Crippen molar-refractivity contribution >= 4 is 12.4 Å². The Bertz CT molecular complexity index is 980. The van der Waals surface area contributed by atoms with Crippen molar-refractivity contribution in [2.45, 2.75) is 37.4 Å². The van der Waals surface area contributed by atoms with Crippen molar-refractivity contribution in [3.05, 3.63) is 41.6 Å². The van der Waals surface area contributed by atoms with Crippen LogP contribution in [-0.2, 0) is 11.7 Å². The van der Waals surface area contributed by atoms with E-state index in [0.717, 1.165) is 25.0 Å². The molecule has 2 N–H and O–H groups in total. The summed E-state index contributed by atoms with van der Waals surface area (Å²) in [5.41, 5.74) is 3.01. The summed E-state index contributed by atoms with van der Waals surface area (Å²) >= 11 is 0. The number of para-hydroxylation sites is 1. The molecule has 0 aliphatic heterocycles. The summed E-state index contributed by atoms with van der Waals surface area (Å²) in [7, 11) is 0. The topological polar surface area (TPSA) is 95.6 Å². The van der Waals surface area contributed by atoms with Crippen LogP contribution in [-0.4, -0.2) is 25.1 Å². The van der Waals surface area contributed by atoms with Crippen LogP contribution >= 0.6 is 12.4 Å². The highest BCUT2D eigenvalue weighted by atomic mass is 35.5. The van der Waals surface area contributed by atoms with Crippen LogP contribution in [0.1, 0.15) is 37.2 Å². The van der Waals surface area contributed by atoms with Crippen LogP contribution in [0, 0.1) is 5.82 Å². The Balaban J connectivity index is 0.00000225. The molecule has 12 heteroatoms. The van der Waals surface area contributed by atoms with Crippen LogP contribution in [0.5, 0.6) is 0 Å². The van der Waals surface area contributed by atoms with Gasteiger partial charge in [-0.05, 0) is 25.0 Å². The predicted octanol–water partition coefficient (Wildman–Crippen LogP) is 3.63. The molecule has 1 aliphatic rings. The second-order valence-corrected chi connectivity index (χ2v) is 6.43. The molecule has 1 aromatic carbocycles. The zero-order valence-corrected chi connectivity index (χ0v) is 15.1. The Hall–Kier alpha value is -2.53. The maximum absolute atomic E-state index is 14.0. The summed E-state index contributed by atoms with van der Waals surface area (Å²) in [6.07, 6.45) is -1.92. The van der Waals surface area contributed by atoms with Crippen molar-refractivity contribution in [2.24, 2.45) is 5.73 Å². The van der Waals surface area contributed by atoms with E-state index in [4.69, 9.17) is 10.3 Å². The molecule has 1 fully saturated rings. The minimum Gasteiger partial charge on any atom is -0.332 e. The molecular weight excluding hydrogens is 404 g/mol. The van der Waals surface area contributed by atoms with E-state index in [1.807, 2.05) is 0 Å². The standard InChI is InChI=1S/C16H14F4N6O.ClH/c17-9-5-1-2-6-10(9)26-12(16(18,19)20)11(23-25-26)13-22-14(24-27-13)15(21)7-3-4-8-15;/h1-2,5-6H,3-4,7-8,21H2;1H. The molecule has 2 heterocycles. The van der Waals surface area contributed by atoms with Gasteiger partial charge in [0.25, 0.3) is 5.89 Å². The van der Waals surface area contributed by atoms with E-state index in [1.165, 1.54) is 12.1 Å². The van der Waals surface area contributed by atoms with E-state index >= 15 is 0 Å². The second kappa shape index (κ2) is 7.13. The number of alkyl halides is 3. The average Bonchev–Trinajstić information content (AvgIpc) is 3.33. The van der Waals surface area contributed by atoms with Gasteiger partial charge >= 0.3 is 6.18 Å². The molecule has 0 bridgehead atoms. The first-order valence-corrected chi connectivity index (χ1v) is 8.21. The highest BCUT2D eigenvalue weighted by Crippen LogP contribution is 2.39. The summed E-state index contributed by atoms with van der Waals surface area (Å²) in [5, 5.41) is 10.7. The number of hydrogen-bond donors (Lipinski definition) is 1. The smallest absolute Gasteiger partial charge is 0.332 e. The minimum atomic E-state index is -4.89. The van der Waals surface area contributed by atoms with Gasteiger partial charge in [0.1, 0.15) is 11.5 Å².